The van der Waals surface area contributed by atoms with Gasteiger partial charge in [-0.15, -0.1) is 5.10 Å². The fraction of sp³-hybridized carbons (Fsp3) is 0.538. The molecule has 0 radical (unpaired) electrons. The highest BCUT2D eigenvalue weighted by molar-refractivity contribution is 5.59. The van der Waals surface area contributed by atoms with Crippen LogP contribution in [0.1, 0.15) is 17.9 Å². The van der Waals surface area contributed by atoms with E-state index in [1.165, 1.54) is 0 Å². The minimum absolute atomic E-state index is 0.775. The topological polar surface area (TPSA) is 70.0 Å². The molecule has 0 saturated carbocycles. The summed E-state index contributed by atoms with van der Waals surface area (Å²) in [6.07, 6.45) is 1.12. The SMILES string of the molecule is Cc1cc(-c2nc(N3CCCNCC3)n[nH]2)c(C)o1. The summed E-state index contributed by atoms with van der Waals surface area (Å²) < 4.78 is 5.53. The van der Waals surface area contributed by atoms with Gasteiger partial charge in [0.25, 0.3) is 0 Å². The average Bonchev–Trinajstić information content (AvgIpc) is 2.88. The molecule has 0 aliphatic carbocycles. The van der Waals surface area contributed by atoms with Crippen LogP contribution in [0.3, 0.4) is 0 Å². The molecule has 2 aromatic rings. The summed E-state index contributed by atoms with van der Waals surface area (Å²) >= 11 is 0. The zero-order valence-electron chi connectivity index (χ0n) is 11.4. The Morgan fingerprint density at radius 2 is 2.16 bits per heavy atom. The summed E-state index contributed by atoms with van der Waals surface area (Å²) in [6.45, 7) is 7.87. The van der Waals surface area contributed by atoms with Crippen molar-refractivity contribution in [3.05, 3.63) is 17.6 Å². The maximum atomic E-state index is 5.53. The Balaban J connectivity index is 1.84. The number of furan rings is 1. The second-order valence-electron chi connectivity index (χ2n) is 4.90. The van der Waals surface area contributed by atoms with Crippen molar-refractivity contribution >= 4 is 5.95 Å². The number of anilines is 1. The van der Waals surface area contributed by atoms with E-state index in [1.54, 1.807) is 0 Å². The van der Waals surface area contributed by atoms with Gasteiger partial charge in [0, 0.05) is 19.6 Å². The summed E-state index contributed by atoms with van der Waals surface area (Å²) in [5, 5.41) is 10.7. The number of aryl methyl sites for hydroxylation is 2. The quantitative estimate of drug-likeness (QED) is 0.857. The first-order chi connectivity index (χ1) is 9.24. The van der Waals surface area contributed by atoms with Gasteiger partial charge >= 0.3 is 0 Å². The maximum Gasteiger partial charge on any atom is 0.245 e. The van der Waals surface area contributed by atoms with E-state index >= 15 is 0 Å². The van der Waals surface area contributed by atoms with E-state index in [0.717, 1.165) is 61.5 Å². The zero-order chi connectivity index (χ0) is 13.2. The molecule has 1 saturated heterocycles. The second-order valence-corrected chi connectivity index (χ2v) is 4.90. The zero-order valence-corrected chi connectivity index (χ0v) is 11.4. The van der Waals surface area contributed by atoms with Crippen molar-refractivity contribution < 1.29 is 4.42 Å². The van der Waals surface area contributed by atoms with Crippen LogP contribution < -0.4 is 10.2 Å². The molecular formula is C13H19N5O. The normalized spacial score (nSPS) is 16.6. The molecule has 6 nitrogen and oxygen atoms in total. The van der Waals surface area contributed by atoms with E-state index in [0.29, 0.717) is 0 Å². The van der Waals surface area contributed by atoms with Crippen LogP contribution in [0.25, 0.3) is 11.4 Å². The highest BCUT2D eigenvalue weighted by atomic mass is 16.3. The van der Waals surface area contributed by atoms with Crippen molar-refractivity contribution in [2.24, 2.45) is 0 Å². The van der Waals surface area contributed by atoms with Gasteiger partial charge in [0.2, 0.25) is 5.95 Å². The van der Waals surface area contributed by atoms with Crippen LogP contribution in [0.5, 0.6) is 0 Å². The maximum absolute atomic E-state index is 5.53. The van der Waals surface area contributed by atoms with Crippen LogP contribution in [0, 0.1) is 13.8 Å². The molecule has 0 unspecified atom stereocenters. The minimum Gasteiger partial charge on any atom is -0.466 e. The van der Waals surface area contributed by atoms with E-state index in [-0.39, 0.29) is 0 Å². The molecule has 3 rings (SSSR count). The van der Waals surface area contributed by atoms with Gasteiger partial charge in [0.15, 0.2) is 5.82 Å². The van der Waals surface area contributed by atoms with E-state index < -0.39 is 0 Å². The summed E-state index contributed by atoms with van der Waals surface area (Å²) in [4.78, 5) is 6.80. The van der Waals surface area contributed by atoms with Crippen molar-refractivity contribution in [3.8, 4) is 11.4 Å². The molecule has 0 aromatic carbocycles. The predicted molar refractivity (Wildman–Crippen MR) is 73.3 cm³/mol. The lowest BCUT2D eigenvalue weighted by molar-refractivity contribution is 0.505. The standard InChI is InChI=1S/C13H19N5O/c1-9-8-11(10(2)19-9)12-15-13(17-16-12)18-6-3-4-14-5-7-18/h8,14H,3-7H2,1-2H3,(H,15,16,17). The average molecular weight is 261 g/mol. The van der Waals surface area contributed by atoms with Crippen LogP contribution in [0.15, 0.2) is 10.5 Å². The minimum atomic E-state index is 0.775. The van der Waals surface area contributed by atoms with Crippen molar-refractivity contribution in [1.29, 1.82) is 0 Å². The molecule has 19 heavy (non-hydrogen) atoms. The molecule has 0 bridgehead atoms. The van der Waals surface area contributed by atoms with Gasteiger partial charge in [-0.25, -0.2) is 0 Å². The third kappa shape index (κ3) is 2.49. The van der Waals surface area contributed by atoms with Gasteiger partial charge in [-0.1, -0.05) is 0 Å². The second kappa shape index (κ2) is 5.05. The van der Waals surface area contributed by atoms with Gasteiger partial charge in [-0.05, 0) is 32.9 Å². The fourth-order valence-electron chi connectivity index (χ4n) is 2.43. The molecule has 1 fully saturated rings. The molecule has 102 valence electrons. The monoisotopic (exact) mass is 261 g/mol. The fourth-order valence-corrected chi connectivity index (χ4v) is 2.43. The van der Waals surface area contributed by atoms with Crippen molar-refractivity contribution in [3.63, 3.8) is 0 Å². The summed E-state index contributed by atoms with van der Waals surface area (Å²) in [5.74, 6) is 3.32. The van der Waals surface area contributed by atoms with E-state index in [4.69, 9.17) is 4.42 Å². The van der Waals surface area contributed by atoms with E-state index in [9.17, 15) is 0 Å². The Morgan fingerprint density at radius 1 is 1.26 bits per heavy atom. The van der Waals surface area contributed by atoms with Gasteiger partial charge in [-0.3, -0.25) is 5.10 Å². The first kappa shape index (κ1) is 12.2. The molecule has 0 spiro atoms. The Hall–Kier alpha value is -1.82. The van der Waals surface area contributed by atoms with Crippen LogP contribution in [-0.2, 0) is 0 Å². The van der Waals surface area contributed by atoms with Crippen molar-refractivity contribution in [2.45, 2.75) is 20.3 Å². The number of aromatic nitrogens is 3. The number of nitrogens with one attached hydrogen (secondary N) is 2. The lowest BCUT2D eigenvalue weighted by atomic mass is 10.2. The Morgan fingerprint density at radius 3 is 2.95 bits per heavy atom. The number of rotatable bonds is 2. The van der Waals surface area contributed by atoms with Crippen LogP contribution in [0.2, 0.25) is 0 Å². The smallest absolute Gasteiger partial charge is 0.245 e. The van der Waals surface area contributed by atoms with Crippen LogP contribution >= 0.6 is 0 Å². The van der Waals surface area contributed by atoms with Gasteiger partial charge in [0.05, 0.1) is 5.56 Å². The Labute approximate surface area is 112 Å². The molecule has 1 aliphatic rings. The summed E-state index contributed by atoms with van der Waals surface area (Å²) in [6, 6.07) is 1.99. The lowest BCUT2D eigenvalue weighted by Crippen LogP contribution is -2.28. The van der Waals surface area contributed by atoms with Crippen LogP contribution in [0.4, 0.5) is 5.95 Å². The lowest BCUT2D eigenvalue weighted by Gasteiger charge is -2.16. The predicted octanol–water partition coefficient (Wildman–Crippen LogP) is 1.48. The summed E-state index contributed by atoms with van der Waals surface area (Å²) in [5.41, 5.74) is 0.990. The highest BCUT2D eigenvalue weighted by Gasteiger charge is 2.16. The Bertz CT molecular complexity index is 551. The van der Waals surface area contributed by atoms with E-state index in [1.807, 2.05) is 19.9 Å². The van der Waals surface area contributed by atoms with Crippen molar-refractivity contribution in [2.75, 3.05) is 31.1 Å². The first-order valence-corrected chi connectivity index (χ1v) is 6.69. The number of aromatic amines is 1. The molecule has 2 aromatic heterocycles. The number of hydrogen-bond acceptors (Lipinski definition) is 5. The number of hydrogen-bond donors (Lipinski definition) is 2. The van der Waals surface area contributed by atoms with Gasteiger partial charge in [-0.2, -0.15) is 4.98 Å². The number of nitrogens with zero attached hydrogens (tertiary/aromatic N) is 3. The third-order valence-electron chi connectivity index (χ3n) is 3.39. The molecule has 0 atom stereocenters. The molecule has 0 amide bonds. The van der Waals surface area contributed by atoms with Gasteiger partial charge in [0.1, 0.15) is 11.5 Å². The van der Waals surface area contributed by atoms with Gasteiger partial charge < -0.3 is 14.6 Å². The molecule has 1 aliphatic heterocycles. The summed E-state index contributed by atoms with van der Waals surface area (Å²) in [7, 11) is 0. The third-order valence-corrected chi connectivity index (χ3v) is 3.39. The van der Waals surface area contributed by atoms with Crippen molar-refractivity contribution in [1.82, 2.24) is 20.5 Å². The van der Waals surface area contributed by atoms with E-state index in [2.05, 4.69) is 25.4 Å². The molecule has 6 heteroatoms. The van der Waals surface area contributed by atoms with Crippen LogP contribution in [-0.4, -0.2) is 41.4 Å². The molecular weight excluding hydrogens is 242 g/mol. The molecule has 2 N–H and O–H groups in total. The first-order valence-electron chi connectivity index (χ1n) is 6.69. The highest BCUT2D eigenvalue weighted by Crippen LogP contribution is 2.24. The Kier molecular flexibility index (Phi) is 3.25. The molecule has 3 heterocycles. The largest absolute Gasteiger partial charge is 0.466 e. The number of H-pyrrole nitrogens is 1.